The number of ether oxygens (including phenoxy) is 2. The summed E-state index contributed by atoms with van der Waals surface area (Å²) in [6.07, 6.45) is 0. The van der Waals surface area contributed by atoms with Gasteiger partial charge in [-0.05, 0) is 53.2 Å². The lowest BCUT2D eigenvalue weighted by atomic mass is 9.75. The Kier molecular flexibility index (Phi) is 8.89. The Hall–Kier alpha value is -2.24. The fourth-order valence-corrected chi connectivity index (χ4v) is 4.64. The number of rotatable bonds is 11. The van der Waals surface area contributed by atoms with Crippen molar-refractivity contribution in [1.29, 1.82) is 0 Å². The Labute approximate surface area is 201 Å². The van der Waals surface area contributed by atoms with Crippen molar-refractivity contribution in [3.05, 3.63) is 58.7 Å². The van der Waals surface area contributed by atoms with Crippen molar-refractivity contribution in [3.8, 4) is 0 Å². The number of sulfone groups is 1. The van der Waals surface area contributed by atoms with Crippen molar-refractivity contribution in [2.75, 3.05) is 19.2 Å². The molecule has 10 heteroatoms. The van der Waals surface area contributed by atoms with E-state index in [9.17, 15) is 18.2 Å². The Bertz CT molecular complexity index is 1100. The SMILES string of the molecule is CCS(=O)(=O)c1ccc(COCOC[C@@H](NC(=O)c2ccc3c(c2C)B(O)OC3)C(C)C)cc1. The molecule has 0 bridgehead atoms. The summed E-state index contributed by atoms with van der Waals surface area (Å²) in [5.74, 6) is -0.0440. The lowest BCUT2D eigenvalue weighted by Crippen LogP contribution is -2.43. The number of amides is 1. The number of carbonyl (C=O) groups excluding carboxylic acids is 1. The van der Waals surface area contributed by atoms with E-state index in [4.69, 9.17) is 14.1 Å². The summed E-state index contributed by atoms with van der Waals surface area (Å²) in [6, 6.07) is 9.93. The number of nitrogens with one attached hydrogen (secondary N) is 1. The normalized spacial score (nSPS) is 14.4. The van der Waals surface area contributed by atoms with E-state index in [1.54, 1.807) is 37.3 Å². The summed E-state index contributed by atoms with van der Waals surface area (Å²) < 4.78 is 40.2. The lowest BCUT2D eigenvalue weighted by Gasteiger charge is -2.23. The van der Waals surface area contributed by atoms with Gasteiger partial charge in [0.05, 0.1) is 36.5 Å². The molecule has 0 fully saturated rings. The molecular formula is C24H32BNO7S. The first-order valence-corrected chi connectivity index (χ1v) is 13.0. The van der Waals surface area contributed by atoms with Crippen LogP contribution in [0, 0.1) is 12.8 Å². The monoisotopic (exact) mass is 489 g/mol. The summed E-state index contributed by atoms with van der Waals surface area (Å²) in [7, 11) is -4.22. The second-order valence-electron chi connectivity index (χ2n) is 8.68. The minimum absolute atomic E-state index is 0.0372. The molecule has 34 heavy (non-hydrogen) atoms. The van der Waals surface area contributed by atoms with Crippen LogP contribution in [-0.2, 0) is 37.2 Å². The Morgan fingerprint density at radius 2 is 1.88 bits per heavy atom. The smallest absolute Gasteiger partial charge is 0.423 e. The van der Waals surface area contributed by atoms with Crippen molar-refractivity contribution in [3.63, 3.8) is 0 Å². The zero-order valence-electron chi connectivity index (χ0n) is 20.0. The van der Waals surface area contributed by atoms with Gasteiger partial charge < -0.3 is 24.5 Å². The van der Waals surface area contributed by atoms with Crippen molar-refractivity contribution >= 4 is 28.3 Å². The summed E-state index contributed by atoms with van der Waals surface area (Å²) in [4.78, 5) is 13.2. The summed E-state index contributed by atoms with van der Waals surface area (Å²) >= 11 is 0. The van der Waals surface area contributed by atoms with Crippen LogP contribution in [-0.4, -0.2) is 51.7 Å². The summed E-state index contributed by atoms with van der Waals surface area (Å²) in [6.45, 7) is 8.34. The van der Waals surface area contributed by atoms with Crippen molar-refractivity contribution in [2.45, 2.75) is 51.8 Å². The van der Waals surface area contributed by atoms with Gasteiger partial charge in [0.15, 0.2) is 9.84 Å². The van der Waals surface area contributed by atoms with Crippen molar-refractivity contribution in [1.82, 2.24) is 5.32 Å². The van der Waals surface area contributed by atoms with E-state index in [1.165, 1.54) is 0 Å². The predicted octanol–water partition coefficient (Wildman–Crippen LogP) is 1.95. The Morgan fingerprint density at radius 3 is 2.53 bits per heavy atom. The van der Waals surface area contributed by atoms with Crippen LogP contribution in [0.1, 0.15) is 47.8 Å². The van der Waals surface area contributed by atoms with Gasteiger partial charge in [-0.15, -0.1) is 0 Å². The average molecular weight is 489 g/mol. The molecule has 0 aromatic heterocycles. The molecule has 0 spiro atoms. The van der Waals surface area contributed by atoms with Crippen LogP contribution in [0.5, 0.6) is 0 Å². The molecule has 1 atom stereocenters. The van der Waals surface area contributed by atoms with E-state index in [1.807, 2.05) is 26.8 Å². The molecule has 0 unspecified atom stereocenters. The zero-order chi connectivity index (χ0) is 24.9. The maximum absolute atomic E-state index is 12.9. The van der Waals surface area contributed by atoms with Crippen LogP contribution >= 0.6 is 0 Å². The number of carbonyl (C=O) groups is 1. The van der Waals surface area contributed by atoms with Gasteiger partial charge in [0.2, 0.25) is 0 Å². The fourth-order valence-electron chi connectivity index (χ4n) is 3.75. The van der Waals surface area contributed by atoms with Gasteiger partial charge in [-0.2, -0.15) is 0 Å². The Balaban J connectivity index is 1.49. The van der Waals surface area contributed by atoms with E-state index in [-0.39, 0.29) is 43.6 Å². The highest BCUT2D eigenvalue weighted by atomic mass is 32.2. The molecule has 2 aromatic carbocycles. The number of benzene rings is 2. The van der Waals surface area contributed by atoms with Gasteiger partial charge in [-0.3, -0.25) is 4.79 Å². The predicted molar refractivity (Wildman–Crippen MR) is 129 cm³/mol. The maximum Gasteiger partial charge on any atom is 0.492 e. The highest BCUT2D eigenvalue weighted by molar-refractivity contribution is 7.91. The first kappa shape index (κ1) is 26.4. The molecule has 1 amide bonds. The highest BCUT2D eigenvalue weighted by Crippen LogP contribution is 2.17. The molecule has 2 N–H and O–H groups in total. The van der Waals surface area contributed by atoms with Crippen LogP contribution in [0.25, 0.3) is 0 Å². The van der Waals surface area contributed by atoms with Crippen LogP contribution < -0.4 is 10.8 Å². The van der Waals surface area contributed by atoms with Gasteiger partial charge in [-0.1, -0.05) is 39.0 Å². The molecule has 0 saturated heterocycles. The number of fused-ring (bicyclic) bond motifs is 1. The van der Waals surface area contributed by atoms with Crippen LogP contribution in [0.4, 0.5) is 0 Å². The lowest BCUT2D eigenvalue weighted by molar-refractivity contribution is -0.0694. The molecule has 1 heterocycles. The topological polar surface area (TPSA) is 111 Å². The largest absolute Gasteiger partial charge is 0.492 e. The molecule has 2 aromatic rings. The molecule has 0 radical (unpaired) electrons. The molecule has 1 aliphatic heterocycles. The van der Waals surface area contributed by atoms with Crippen LogP contribution in [0.15, 0.2) is 41.3 Å². The van der Waals surface area contributed by atoms with E-state index in [0.717, 1.165) is 11.1 Å². The molecule has 8 nitrogen and oxygen atoms in total. The second-order valence-corrected chi connectivity index (χ2v) is 11.0. The minimum atomic E-state index is -3.22. The van der Waals surface area contributed by atoms with E-state index < -0.39 is 17.0 Å². The molecule has 3 rings (SSSR count). The van der Waals surface area contributed by atoms with Gasteiger partial charge in [-0.25, -0.2) is 8.42 Å². The molecule has 1 aliphatic rings. The quantitative estimate of drug-likeness (QED) is 0.282. The molecule has 184 valence electrons. The first-order chi connectivity index (χ1) is 16.1. The van der Waals surface area contributed by atoms with Crippen molar-refractivity contribution in [2.24, 2.45) is 5.92 Å². The van der Waals surface area contributed by atoms with Crippen molar-refractivity contribution < 1.29 is 32.4 Å². The number of hydrogen-bond acceptors (Lipinski definition) is 7. The first-order valence-electron chi connectivity index (χ1n) is 11.3. The fraction of sp³-hybridized carbons (Fsp3) is 0.458. The third kappa shape index (κ3) is 6.25. The summed E-state index contributed by atoms with van der Waals surface area (Å²) in [5.41, 5.74) is 3.61. The van der Waals surface area contributed by atoms with E-state index >= 15 is 0 Å². The third-order valence-electron chi connectivity index (χ3n) is 6.01. The van der Waals surface area contributed by atoms with E-state index in [2.05, 4.69) is 5.32 Å². The Morgan fingerprint density at radius 1 is 1.18 bits per heavy atom. The maximum atomic E-state index is 12.9. The molecular weight excluding hydrogens is 457 g/mol. The van der Waals surface area contributed by atoms with Gasteiger partial charge in [0.25, 0.3) is 5.91 Å². The standard InChI is InChI=1S/C24H32BNO7S/c1-5-34(29,30)20-9-6-18(7-10-20)12-31-15-32-14-22(16(2)3)26-24(27)21-11-8-19-13-33-25(28)23(19)17(21)4/h6-11,16,22,28H,5,12-15H2,1-4H3,(H,26,27)/t22-/m1/s1. The van der Waals surface area contributed by atoms with Gasteiger partial charge in [0, 0.05) is 5.56 Å². The third-order valence-corrected chi connectivity index (χ3v) is 7.76. The minimum Gasteiger partial charge on any atom is -0.423 e. The molecule has 0 saturated carbocycles. The van der Waals surface area contributed by atoms with Crippen LogP contribution in [0.3, 0.4) is 0 Å². The molecule has 0 aliphatic carbocycles. The van der Waals surface area contributed by atoms with Crippen LogP contribution in [0.2, 0.25) is 0 Å². The number of hydrogen-bond donors (Lipinski definition) is 2. The van der Waals surface area contributed by atoms with E-state index in [0.29, 0.717) is 28.1 Å². The average Bonchev–Trinajstić information content (AvgIpc) is 3.19. The summed E-state index contributed by atoms with van der Waals surface area (Å²) in [5, 5.41) is 13.0. The van der Waals surface area contributed by atoms with Gasteiger partial charge in [0.1, 0.15) is 6.79 Å². The highest BCUT2D eigenvalue weighted by Gasteiger charge is 2.31. The van der Waals surface area contributed by atoms with Gasteiger partial charge >= 0.3 is 7.12 Å². The second kappa shape index (κ2) is 11.5. The zero-order valence-corrected chi connectivity index (χ0v) is 20.9.